The highest BCUT2D eigenvalue weighted by Gasteiger charge is 2.36. The zero-order chi connectivity index (χ0) is 17.9. The van der Waals surface area contributed by atoms with E-state index in [0.29, 0.717) is 5.75 Å². The van der Waals surface area contributed by atoms with Gasteiger partial charge in [0.05, 0.1) is 7.14 Å². The zero-order valence-electron chi connectivity index (χ0n) is 13.3. The van der Waals surface area contributed by atoms with Crippen molar-refractivity contribution >= 4 is 79.7 Å². The molecule has 0 spiro atoms. The molecule has 1 aliphatic heterocycles. The van der Waals surface area contributed by atoms with Gasteiger partial charge in [0, 0.05) is 9.49 Å². The van der Waals surface area contributed by atoms with Gasteiger partial charge < -0.3 is 14.8 Å². The monoisotopic (exact) mass is 669 g/mol. The van der Waals surface area contributed by atoms with Crippen molar-refractivity contribution in [1.29, 1.82) is 0 Å². The molecule has 1 aliphatic rings. The second kappa shape index (κ2) is 8.80. The van der Waals surface area contributed by atoms with Crippen LogP contribution in [0.5, 0.6) is 5.75 Å². The van der Waals surface area contributed by atoms with E-state index in [2.05, 4.69) is 73.1 Å². The van der Waals surface area contributed by atoms with Crippen molar-refractivity contribution in [3.8, 4) is 5.75 Å². The largest absolute Gasteiger partial charge is 0.451 e. The van der Waals surface area contributed by atoms with E-state index in [9.17, 15) is 9.59 Å². The van der Waals surface area contributed by atoms with E-state index in [1.165, 1.54) is 0 Å². The maximum atomic E-state index is 12.2. The molecule has 1 aromatic rings. The van der Waals surface area contributed by atoms with Gasteiger partial charge in [-0.25, -0.2) is 9.59 Å². The van der Waals surface area contributed by atoms with Gasteiger partial charge in [-0.3, -0.25) is 0 Å². The Bertz CT molecular complexity index is 619. The minimum atomic E-state index is -0.978. The molecule has 0 atom stereocenters. The molecule has 132 valence electrons. The number of rotatable bonds is 3. The Kier molecular flexibility index (Phi) is 7.56. The molecule has 8 heteroatoms. The third-order valence-corrected chi connectivity index (χ3v) is 6.23. The molecule has 1 saturated heterocycles. The Labute approximate surface area is 182 Å². The number of nitrogens with one attached hydrogen (secondary N) is 1. The minimum Gasteiger partial charge on any atom is -0.451 e. The first-order chi connectivity index (χ1) is 11.2. The van der Waals surface area contributed by atoms with Crippen LogP contribution < -0.4 is 10.1 Å². The summed E-state index contributed by atoms with van der Waals surface area (Å²) in [4.78, 5) is 24.3. The van der Waals surface area contributed by atoms with Crippen LogP contribution in [0.15, 0.2) is 12.1 Å². The zero-order valence-corrected chi connectivity index (χ0v) is 19.8. The quantitative estimate of drug-likeness (QED) is 0.230. The van der Waals surface area contributed by atoms with Gasteiger partial charge in [-0.2, -0.15) is 0 Å². The molecule has 2 rings (SSSR count). The van der Waals surface area contributed by atoms with Crippen molar-refractivity contribution in [3.05, 3.63) is 22.8 Å². The Morgan fingerprint density at radius 1 is 1.08 bits per heavy atom. The first-order valence-corrected chi connectivity index (χ1v) is 10.7. The molecule has 0 aliphatic carbocycles. The number of piperidine rings is 1. The number of hydrogen-bond donors (Lipinski definition) is 1. The van der Waals surface area contributed by atoms with Gasteiger partial charge in [0.15, 0.2) is 5.75 Å². The fraction of sp³-hybridized carbons (Fsp3) is 0.500. The van der Waals surface area contributed by atoms with E-state index in [1.54, 1.807) is 0 Å². The normalized spacial score (nSPS) is 15.9. The summed E-state index contributed by atoms with van der Waals surface area (Å²) in [5.74, 6) is -1.29. The van der Waals surface area contributed by atoms with Crippen molar-refractivity contribution < 1.29 is 19.1 Å². The van der Waals surface area contributed by atoms with E-state index in [-0.39, 0.29) is 5.92 Å². The Hall–Kier alpha value is 0.310. The fourth-order valence-electron chi connectivity index (χ4n) is 2.64. The lowest BCUT2D eigenvalue weighted by atomic mass is 9.83. The summed E-state index contributed by atoms with van der Waals surface area (Å²) in [5, 5.41) is 3.28. The molecule has 0 unspecified atom stereocenters. The van der Waals surface area contributed by atoms with E-state index in [1.807, 2.05) is 26.0 Å². The molecular formula is C16H18I3NO4. The first kappa shape index (κ1) is 20.6. The van der Waals surface area contributed by atoms with Crippen LogP contribution in [0.1, 0.15) is 26.7 Å². The number of benzene rings is 1. The smallest absolute Gasteiger partial charge is 0.422 e. The predicted octanol–water partition coefficient (Wildman–Crippen LogP) is 3.73. The number of hydrogen-bond acceptors (Lipinski definition) is 5. The average molecular weight is 669 g/mol. The Morgan fingerprint density at radius 2 is 1.62 bits per heavy atom. The Morgan fingerprint density at radius 3 is 2.17 bits per heavy atom. The third-order valence-electron chi connectivity index (χ3n) is 4.00. The molecule has 1 heterocycles. The summed E-state index contributed by atoms with van der Waals surface area (Å²) in [6.45, 7) is 5.50. The first-order valence-electron chi connectivity index (χ1n) is 7.51. The lowest BCUT2D eigenvalue weighted by Crippen LogP contribution is -2.44. The summed E-state index contributed by atoms with van der Waals surface area (Å²) in [6, 6.07) is 3.77. The second-order valence-corrected chi connectivity index (χ2v) is 9.68. The molecule has 0 bridgehead atoms. The van der Waals surface area contributed by atoms with E-state index in [4.69, 9.17) is 9.47 Å². The molecule has 0 amide bonds. The highest BCUT2D eigenvalue weighted by atomic mass is 127. The SMILES string of the molecule is CC(C)(OC(=O)C(=O)Oc1c(I)cc(I)cc1I)C1CCNCC1. The third kappa shape index (κ3) is 5.40. The van der Waals surface area contributed by atoms with Gasteiger partial charge in [-0.05, 0) is 120 Å². The molecule has 0 saturated carbocycles. The standard InChI is InChI=1S/C16H18I3NO4/c1-16(2,9-3-5-20-6-4-9)24-15(22)14(21)23-13-11(18)7-10(17)8-12(13)19/h7-9,20H,3-6H2,1-2H3. The summed E-state index contributed by atoms with van der Waals surface area (Å²) in [6.07, 6.45) is 1.84. The number of halogens is 3. The van der Waals surface area contributed by atoms with Crippen molar-refractivity contribution in [2.45, 2.75) is 32.3 Å². The van der Waals surface area contributed by atoms with Gasteiger partial charge in [0.25, 0.3) is 0 Å². The van der Waals surface area contributed by atoms with Crippen molar-refractivity contribution in [2.75, 3.05) is 13.1 Å². The number of ether oxygens (including phenoxy) is 2. The van der Waals surface area contributed by atoms with Crippen molar-refractivity contribution in [2.24, 2.45) is 5.92 Å². The number of carbonyl (C=O) groups excluding carboxylic acids is 2. The van der Waals surface area contributed by atoms with E-state index in [0.717, 1.165) is 36.6 Å². The maximum Gasteiger partial charge on any atom is 0.422 e. The molecule has 5 nitrogen and oxygen atoms in total. The van der Waals surface area contributed by atoms with Gasteiger partial charge in [-0.15, -0.1) is 0 Å². The molecule has 0 radical (unpaired) electrons. The van der Waals surface area contributed by atoms with Crippen molar-refractivity contribution in [1.82, 2.24) is 5.32 Å². The molecule has 1 N–H and O–H groups in total. The van der Waals surface area contributed by atoms with Crippen LogP contribution in [0.25, 0.3) is 0 Å². The van der Waals surface area contributed by atoms with Crippen LogP contribution in [-0.2, 0) is 14.3 Å². The van der Waals surface area contributed by atoms with Gasteiger partial charge in [-0.1, -0.05) is 0 Å². The van der Waals surface area contributed by atoms with Crippen LogP contribution >= 0.6 is 67.8 Å². The predicted molar refractivity (Wildman–Crippen MR) is 116 cm³/mol. The van der Waals surface area contributed by atoms with Gasteiger partial charge in [0.2, 0.25) is 0 Å². The molecule has 0 aromatic heterocycles. The lowest BCUT2D eigenvalue weighted by molar-refractivity contribution is -0.175. The molecule has 24 heavy (non-hydrogen) atoms. The molecule has 1 fully saturated rings. The van der Waals surface area contributed by atoms with Gasteiger partial charge in [0.1, 0.15) is 5.60 Å². The van der Waals surface area contributed by atoms with Crippen LogP contribution in [0.3, 0.4) is 0 Å². The van der Waals surface area contributed by atoms with Crippen LogP contribution in [0.2, 0.25) is 0 Å². The summed E-state index contributed by atoms with van der Waals surface area (Å²) in [5.41, 5.74) is -0.690. The summed E-state index contributed by atoms with van der Waals surface area (Å²) in [7, 11) is 0. The topological polar surface area (TPSA) is 64.6 Å². The van der Waals surface area contributed by atoms with Gasteiger partial charge >= 0.3 is 11.9 Å². The van der Waals surface area contributed by atoms with Crippen molar-refractivity contribution in [3.63, 3.8) is 0 Å². The maximum absolute atomic E-state index is 12.2. The average Bonchev–Trinajstić information content (AvgIpc) is 2.51. The minimum absolute atomic E-state index is 0.231. The van der Waals surface area contributed by atoms with E-state index >= 15 is 0 Å². The van der Waals surface area contributed by atoms with Crippen LogP contribution in [0, 0.1) is 16.6 Å². The second-order valence-electron chi connectivity index (χ2n) is 6.11. The lowest BCUT2D eigenvalue weighted by Gasteiger charge is -2.36. The highest BCUT2D eigenvalue weighted by molar-refractivity contribution is 14.1. The molecular weight excluding hydrogens is 651 g/mol. The highest BCUT2D eigenvalue weighted by Crippen LogP contribution is 2.31. The summed E-state index contributed by atoms with van der Waals surface area (Å²) >= 11 is 6.36. The Balaban J connectivity index is 2.03. The van der Waals surface area contributed by atoms with Crippen LogP contribution in [-0.4, -0.2) is 30.6 Å². The number of carbonyl (C=O) groups is 2. The number of esters is 2. The summed E-state index contributed by atoms with van der Waals surface area (Å²) < 4.78 is 13.3. The fourth-order valence-corrected chi connectivity index (χ4v) is 6.44. The van der Waals surface area contributed by atoms with E-state index < -0.39 is 17.5 Å². The molecule has 1 aromatic carbocycles. The van der Waals surface area contributed by atoms with Crippen LogP contribution in [0.4, 0.5) is 0 Å².